The van der Waals surface area contributed by atoms with E-state index in [-0.39, 0.29) is 40.6 Å². The van der Waals surface area contributed by atoms with Gasteiger partial charge in [0.2, 0.25) is 23.6 Å². The molecule has 2 heterocycles. The molecule has 3 fully saturated rings. The molecule has 0 bridgehead atoms. The summed E-state index contributed by atoms with van der Waals surface area (Å²) in [6.07, 6.45) is 1.86. The van der Waals surface area contributed by atoms with Gasteiger partial charge < -0.3 is 15.6 Å². The second-order valence-corrected chi connectivity index (χ2v) is 11.4. The number of phenols is 1. The lowest BCUT2D eigenvalue weighted by atomic mass is 9.51. The number of aromatic hydroxyl groups is 1. The summed E-state index contributed by atoms with van der Waals surface area (Å²) in [7, 11) is 1.40. The Morgan fingerprint density at radius 2 is 1.85 bits per heavy atom. The van der Waals surface area contributed by atoms with Crippen molar-refractivity contribution in [2.45, 2.75) is 25.7 Å². The number of nitrogens with two attached hydrogens (primary N) is 1. The Hall–Kier alpha value is -4.25. The van der Waals surface area contributed by atoms with E-state index in [1.807, 2.05) is 0 Å². The Labute approximate surface area is 238 Å². The number of halogens is 2. The molecule has 0 spiro atoms. The maximum absolute atomic E-state index is 14.4. The molecule has 2 aromatic carbocycles. The first kappa shape index (κ1) is 26.9. The zero-order valence-electron chi connectivity index (χ0n) is 22.0. The van der Waals surface area contributed by atoms with Gasteiger partial charge in [-0.1, -0.05) is 29.3 Å². The van der Waals surface area contributed by atoms with E-state index in [0.29, 0.717) is 10.5 Å². The standard InChI is InChI=1S/C29H25ClFN3O7/c1-29-16(25(37)33(27(29)39)12-6-9-18(31)17(30)10-12)11-15-13(23(29)22-19(35)4-3-5-20(22)41-2)7-8-14-21(15)26(38)34(24(14)36)28(32)40/h3-7,9-10,14-16,21,23,35H,8,11H2,1-2H3,(H2,32,40)/t14-,15+,16-,21-,23+,29+/m0/s1. The van der Waals surface area contributed by atoms with Crippen LogP contribution in [0.1, 0.15) is 31.2 Å². The summed E-state index contributed by atoms with van der Waals surface area (Å²) >= 11 is 5.99. The van der Waals surface area contributed by atoms with E-state index in [2.05, 4.69) is 0 Å². The monoisotopic (exact) mass is 581 g/mol. The number of fused-ring (bicyclic) bond motifs is 4. The summed E-state index contributed by atoms with van der Waals surface area (Å²) in [6, 6.07) is 6.96. The van der Waals surface area contributed by atoms with Gasteiger partial charge in [-0.2, -0.15) is 4.90 Å². The maximum Gasteiger partial charge on any atom is 0.328 e. The van der Waals surface area contributed by atoms with Crippen molar-refractivity contribution in [1.82, 2.24) is 4.90 Å². The predicted octanol–water partition coefficient (Wildman–Crippen LogP) is 3.50. The topological polar surface area (TPSA) is 147 Å². The number of amides is 6. The van der Waals surface area contributed by atoms with Crippen LogP contribution in [-0.4, -0.2) is 46.8 Å². The summed E-state index contributed by atoms with van der Waals surface area (Å²) in [4.78, 5) is 68.3. The fraction of sp³-hybridized carbons (Fsp3) is 0.345. The highest BCUT2D eigenvalue weighted by Gasteiger charge is 2.68. The number of likely N-dealkylation sites (tertiary alicyclic amines) is 1. The molecule has 1 saturated carbocycles. The van der Waals surface area contributed by atoms with Crippen LogP contribution in [0.5, 0.6) is 11.5 Å². The van der Waals surface area contributed by atoms with E-state index in [1.165, 1.54) is 25.3 Å². The largest absolute Gasteiger partial charge is 0.508 e. The Bertz CT molecular complexity index is 1610. The lowest BCUT2D eigenvalue weighted by molar-refractivity contribution is -0.136. The lowest BCUT2D eigenvalue weighted by Gasteiger charge is -2.49. The minimum absolute atomic E-state index is 0.0114. The van der Waals surface area contributed by atoms with Gasteiger partial charge in [-0.05, 0) is 56.0 Å². The summed E-state index contributed by atoms with van der Waals surface area (Å²) in [5.41, 5.74) is 4.79. The van der Waals surface area contributed by atoms with Crippen LogP contribution < -0.4 is 15.4 Å². The first-order chi connectivity index (χ1) is 19.4. The van der Waals surface area contributed by atoms with Gasteiger partial charge in [0, 0.05) is 11.5 Å². The minimum Gasteiger partial charge on any atom is -0.508 e. The number of allylic oxidation sites excluding steroid dienone is 2. The highest BCUT2D eigenvalue weighted by molar-refractivity contribution is 6.31. The second-order valence-electron chi connectivity index (χ2n) is 11.0. The molecule has 6 rings (SSSR count). The second kappa shape index (κ2) is 9.13. The molecule has 10 nitrogen and oxygen atoms in total. The molecule has 0 aromatic heterocycles. The number of urea groups is 1. The van der Waals surface area contributed by atoms with Crippen LogP contribution in [0.25, 0.3) is 0 Å². The number of nitrogens with zero attached hydrogens (tertiary/aromatic N) is 2. The number of methoxy groups -OCH3 is 1. The molecule has 0 radical (unpaired) electrons. The normalized spacial score (nSPS) is 30.6. The van der Waals surface area contributed by atoms with Crippen LogP contribution in [0.2, 0.25) is 5.02 Å². The summed E-state index contributed by atoms with van der Waals surface area (Å²) in [5.74, 6) is -7.84. The molecule has 2 saturated heterocycles. The summed E-state index contributed by atoms with van der Waals surface area (Å²) in [5, 5.41) is 10.9. The van der Waals surface area contributed by atoms with Crippen molar-refractivity contribution in [3.63, 3.8) is 0 Å². The van der Waals surface area contributed by atoms with Crippen LogP contribution in [0.4, 0.5) is 14.9 Å². The zero-order valence-corrected chi connectivity index (χ0v) is 22.7. The van der Waals surface area contributed by atoms with Crippen LogP contribution in [0, 0.1) is 34.9 Å². The Balaban J connectivity index is 1.57. The summed E-state index contributed by atoms with van der Waals surface area (Å²) < 4.78 is 19.6. The lowest BCUT2D eigenvalue weighted by Crippen LogP contribution is -2.49. The highest BCUT2D eigenvalue weighted by Crippen LogP contribution is 2.65. The van der Waals surface area contributed by atoms with Gasteiger partial charge in [0.1, 0.15) is 17.3 Å². The van der Waals surface area contributed by atoms with E-state index in [0.717, 1.165) is 11.0 Å². The van der Waals surface area contributed by atoms with Gasteiger partial charge in [-0.25, -0.2) is 14.1 Å². The average molecular weight is 582 g/mol. The minimum atomic E-state index is -1.48. The van der Waals surface area contributed by atoms with Crippen LogP contribution in [0.15, 0.2) is 48.0 Å². The van der Waals surface area contributed by atoms with Crippen molar-refractivity contribution in [1.29, 1.82) is 0 Å². The molecule has 2 aliphatic heterocycles. The molecule has 2 aliphatic carbocycles. The third-order valence-electron chi connectivity index (χ3n) is 9.21. The third-order valence-corrected chi connectivity index (χ3v) is 9.50. The number of hydrogen-bond acceptors (Lipinski definition) is 7. The molecule has 41 heavy (non-hydrogen) atoms. The Kier molecular flexibility index (Phi) is 6.00. The van der Waals surface area contributed by atoms with Gasteiger partial charge in [0.25, 0.3) is 0 Å². The predicted molar refractivity (Wildman–Crippen MR) is 142 cm³/mol. The van der Waals surface area contributed by atoms with Crippen LogP contribution in [-0.2, 0) is 19.2 Å². The smallest absolute Gasteiger partial charge is 0.328 e. The van der Waals surface area contributed by atoms with Gasteiger partial charge in [0.05, 0.1) is 41.0 Å². The van der Waals surface area contributed by atoms with E-state index >= 15 is 0 Å². The average Bonchev–Trinajstić information content (AvgIpc) is 3.30. The number of imide groups is 4. The zero-order chi connectivity index (χ0) is 29.5. The van der Waals surface area contributed by atoms with Crippen molar-refractivity contribution < 1.29 is 38.2 Å². The van der Waals surface area contributed by atoms with Crippen molar-refractivity contribution in [3.8, 4) is 11.5 Å². The third kappa shape index (κ3) is 3.51. The number of phenolic OH excluding ortho intramolecular Hbond substituents is 1. The highest BCUT2D eigenvalue weighted by atomic mass is 35.5. The summed E-state index contributed by atoms with van der Waals surface area (Å²) in [6.45, 7) is 1.63. The van der Waals surface area contributed by atoms with Gasteiger partial charge in [0.15, 0.2) is 0 Å². The Morgan fingerprint density at radius 3 is 2.51 bits per heavy atom. The molecular weight excluding hydrogens is 557 g/mol. The van der Waals surface area contributed by atoms with Gasteiger partial charge in [-0.3, -0.25) is 19.2 Å². The van der Waals surface area contributed by atoms with Crippen molar-refractivity contribution >= 4 is 46.9 Å². The SMILES string of the molecule is COc1cccc(O)c1[C@H]1C2=CC[C@@H]3C(=O)N(C(N)=O)C(=O)[C@@H]3[C@@H]2C[C@H]2C(=O)N(c3ccc(F)c(Cl)c3)C(=O)[C@@]12C. The van der Waals surface area contributed by atoms with E-state index in [4.69, 9.17) is 22.1 Å². The number of benzene rings is 2. The first-order valence-electron chi connectivity index (χ1n) is 13.0. The van der Waals surface area contributed by atoms with E-state index < -0.39 is 70.5 Å². The quantitative estimate of drug-likeness (QED) is 0.416. The number of rotatable bonds is 3. The van der Waals surface area contributed by atoms with Crippen LogP contribution >= 0.6 is 11.6 Å². The molecule has 4 aliphatic rings. The maximum atomic E-state index is 14.4. The first-order valence-corrected chi connectivity index (χ1v) is 13.4. The molecule has 212 valence electrons. The fourth-order valence-corrected chi connectivity index (χ4v) is 7.59. The molecule has 2 aromatic rings. The molecular formula is C29H25ClFN3O7. The van der Waals surface area contributed by atoms with Crippen LogP contribution in [0.3, 0.4) is 0 Å². The molecule has 0 unspecified atom stereocenters. The van der Waals surface area contributed by atoms with E-state index in [1.54, 1.807) is 25.1 Å². The number of ether oxygens (including phenoxy) is 1. The van der Waals surface area contributed by atoms with Crippen molar-refractivity contribution in [2.24, 2.45) is 34.8 Å². The number of anilines is 1. The fourth-order valence-electron chi connectivity index (χ4n) is 7.41. The van der Waals surface area contributed by atoms with Crippen molar-refractivity contribution in [3.05, 3.63) is 64.5 Å². The number of carbonyl (C=O) groups excluding carboxylic acids is 5. The van der Waals surface area contributed by atoms with Gasteiger partial charge >= 0.3 is 6.03 Å². The number of carbonyl (C=O) groups is 5. The number of primary amides is 1. The van der Waals surface area contributed by atoms with Crippen molar-refractivity contribution in [2.75, 3.05) is 12.0 Å². The van der Waals surface area contributed by atoms with Gasteiger partial charge in [-0.15, -0.1) is 0 Å². The molecule has 3 N–H and O–H groups in total. The number of hydrogen-bond donors (Lipinski definition) is 2. The molecule has 12 heteroatoms. The molecule has 6 amide bonds. The molecule has 6 atom stereocenters. The van der Waals surface area contributed by atoms with E-state index in [9.17, 15) is 33.5 Å². The Morgan fingerprint density at radius 1 is 1.12 bits per heavy atom.